The summed E-state index contributed by atoms with van der Waals surface area (Å²) in [6, 6.07) is 87.0. The molecule has 1 aromatic heterocycles. The number of nitrogens with zero attached hydrogens (tertiary/aromatic N) is 1. The van der Waals surface area contributed by atoms with Crippen LogP contribution in [0.3, 0.4) is 0 Å². The zero-order valence-electron chi connectivity index (χ0n) is 35.4. The average molecular weight is 826 g/mol. The number of hydrogen-bond acceptors (Lipinski definition) is 2. The number of fused-ring (bicyclic) bond motifs is 15. The van der Waals surface area contributed by atoms with Gasteiger partial charge in [0.1, 0.15) is 5.58 Å². The first-order valence-corrected chi connectivity index (χ1v) is 22.5. The number of para-hydroxylation sites is 2. The van der Waals surface area contributed by atoms with Crippen molar-refractivity contribution in [3.05, 3.63) is 259 Å². The second-order valence-electron chi connectivity index (χ2n) is 17.5. The molecule has 14 rings (SSSR count). The Morgan fingerprint density at radius 2 is 0.877 bits per heavy atom. The number of benzene rings is 11. The van der Waals surface area contributed by atoms with Crippen LogP contribution in [-0.4, -0.2) is 0 Å². The topological polar surface area (TPSA) is 16.4 Å². The third-order valence-electron chi connectivity index (χ3n) is 14.3. The molecule has 0 bridgehead atoms. The van der Waals surface area contributed by atoms with Crippen LogP contribution < -0.4 is 4.90 Å². The van der Waals surface area contributed by atoms with Gasteiger partial charge in [-0.1, -0.05) is 194 Å². The first-order valence-electron chi connectivity index (χ1n) is 22.5. The molecule has 2 aliphatic carbocycles. The van der Waals surface area contributed by atoms with Gasteiger partial charge in [0.15, 0.2) is 5.58 Å². The predicted molar refractivity (Wildman–Crippen MR) is 271 cm³/mol. The SMILES string of the molecule is c1ccc2c(c1)-c1ccccc1C21c2ccccc2-c2c(N(c3ccc(-c4ccc5cccc(-c6ccc7ccccc7c6)c5c4)cc3)c3cccc4c3oc3ccccc34)cccc21. The minimum atomic E-state index is -0.461. The number of furan rings is 1. The maximum atomic E-state index is 6.85. The van der Waals surface area contributed by atoms with Crippen LogP contribution in [0, 0.1) is 0 Å². The molecule has 2 heteroatoms. The Hall–Kier alpha value is -8.46. The van der Waals surface area contributed by atoms with Gasteiger partial charge in [0.05, 0.1) is 16.8 Å². The molecule has 0 unspecified atom stereocenters. The van der Waals surface area contributed by atoms with Gasteiger partial charge in [-0.25, -0.2) is 0 Å². The van der Waals surface area contributed by atoms with E-state index in [1.165, 1.54) is 82.7 Å². The van der Waals surface area contributed by atoms with E-state index in [1.807, 2.05) is 0 Å². The van der Waals surface area contributed by atoms with Gasteiger partial charge in [0.2, 0.25) is 0 Å². The fourth-order valence-electron chi connectivity index (χ4n) is 11.5. The van der Waals surface area contributed by atoms with Crippen molar-refractivity contribution < 1.29 is 4.42 Å². The smallest absolute Gasteiger partial charge is 0.159 e. The zero-order chi connectivity index (χ0) is 42.6. The lowest BCUT2D eigenvalue weighted by molar-refractivity contribution is 0.669. The summed E-state index contributed by atoms with van der Waals surface area (Å²) >= 11 is 0. The molecule has 0 amide bonds. The standard InChI is InChI=1S/C63H39NO/c1-2-15-43-38-45(33-30-40(43)14-1)47-21-11-16-42-31-32-44(39-53(42)47)41-34-36-46(37-35-41)64(59-28-12-22-51-50-19-6-10-29-60(50)65-62(51)59)58-27-13-26-57-61(58)52-20-5-9-25-56(52)63(57)54-23-7-3-17-48(54)49-18-4-8-24-55(49)63/h1-39H. The van der Waals surface area contributed by atoms with Crippen molar-refractivity contribution >= 4 is 60.5 Å². The van der Waals surface area contributed by atoms with Gasteiger partial charge < -0.3 is 9.32 Å². The average Bonchev–Trinajstić information content (AvgIpc) is 4.01. The van der Waals surface area contributed by atoms with Gasteiger partial charge >= 0.3 is 0 Å². The monoisotopic (exact) mass is 825 g/mol. The molecule has 2 nitrogen and oxygen atoms in total. The lowest BCUT2D eigenvalue weighted by Gasteiger charge is -2.31. The van der Waals surface area contributed by atoms with Crippen molar-refractivity contribution in [1.82, 2.24) is 0 Å². The van der Waals surface area contributed by atoms with Crippen LogP contribution in [0.2, 0.25) is 0 Å². The van der Waals surface area contributed by atoms with Gasteiger partial charge in [-0.2, -0.15) is 0 Å². The Balaban J connectivity index is 0.974. The van der Waals surface area contributed by atoms with Crippen molar-refractivity contribution in [2.24, 2.45) is 0 Å². The van der Waals surface area contributed by atoms with Gasteiger partial charge in [-0.15, -0.1) is 0 Å². The van der Waals surface area contributed by atoms with E-state index >= 15 is 0 Å². The highest BCUT2D eigenvalue weighted by Crippen LogP contribution is 2.64. The summed E-state index contributed by atoms with van der Waals surface area (Å²) in [6.45, 7) is 0. The van der Waals surface area contributed by atoms with E-state index in [2.05, 4.69) is 241 Å². The molecular weight excluding hydrogens is 787 g/mol. The molecule has 0 atom stereocenters. The molecule has 11 aromatic carbocycles. The van der Waals surface area contributed by atoms with E-state index in [-0.39, 0.29) is 0 Å². The Bertz CT molecular complexity index is 3860. The minimum Gasteiger partial charge on any atom is -0.454 e. The van der Waals surface area contributed by atoms with Crippen LogP contribution in [-0.2, 0) is 5.41 Å². The van der Waals surface area contributed by atoms with Gasteiger partial charge in [0, 0.05) is 22.0 Å². The van der Waals surface area contributed by atoms with Crippen molar-refractivity contribution in [1.29, 1.82) is 0 Å². The Morgan fingerprint density at radius 3 is 1.69 bits per heavy atom. The van der Waals surface area contributed by atoms with E-state index in [1.54, 1.807) is 0 Å². The largest absolute Gasteiger partial charge is 0.454 e. The Labute approximate surface area is 376 Å². The molecule has 0 aliphatic heterocycles. The fraction of sp³-hybridized carbons (Fsp3) is 0.0159. The summed E-state index contributed by atoms with van der Waals surface area (Å²) in [7, 11) is 0. The van der Waals surface area contributed by atoms with Gasteiger partial charge in [-0.3, -0.25) is 0 Å². The molecule has 0 N–H and O–H groups in total. The van der Waals surface area contributed by atoms with Crippen LogP contribution in [0.4, 0.5) is 17.1 Å². The molecule has 65 heavy (non-hydrogen) atoms. The predicted octanol–water partition coefficient (Wildman–Crippen LogP) is 17.0. The molecule has 0 fully saturated rings. The van der Waals surface area contributed by atoms with Crippen LogP contribution in [0.15, 0.2) is 241 Å². The van der Waals surface area contributed by atoms with Crippen molar-refractivity contribution in [2.45, 2.75) is 5.41 Å². The minimum absolute atomic E-state index is 0.461. The van der Waals surface area contributed by atoms with Crippen molar-refractivity contribution in [3.63, 3.8) is 0 Å². The molecular formula is C63H39NO. The highest BCUT2D eigenvalue weighted by atomic mass is 16.3. The second-order valence-corrected chi connectivity index (χ2v) is 17.5. The molecule has 1 spiro atoms. The Kier molecular flexibility index (Phi) is 7.64. The van der Waals surface area contributed by atoms with Crippen molar-refractivity contribution in [3.8, 4) is 44.5 Å². The van der Waals surface area contributed by atoms with Gasteiger partial charge in [-0.05, 0) is 125 Å². The van der Waals surface area contributed by atoms with Gasteiger partial charge in [0.25, 0.3) is 0 Å². The summed E-state index contributed by atoms with van der Waals surface area (Å²) in [4.78, 5) is 2.44. The molecule has 0 radical (unpaired) electrons. The Morgan fingerprint density at radius 1 is 0.323 bits per heavy atom. The maximum absolute atomic E-state index is 6.85. The number of anilines is 3. The number of hydrogen-bond donors (Lipinski definition) is 0. The third-order valence-corrected chi connectivity index (χ3v) is 14.3. The van der Waals surface area contributed by atoms with Crippen molar-refractivity contribution in [2.75, 3.05) is 4.90 Å². The second kappa shape index (κ2) is 13.8. The van der Waals surface area contributed by atoms with Crippen LogP contribution in [0.25, 0.3) is 88.0 Å². The summed E-state index contributed by atoms with van der Waals surface area (Å²) in [5, 5.41) is 7.18. The summed E-state index contributed by atoms with van der Waals surface area (Å²) < 4.78 is 6.85. The van der Waals surface area contributed by atoms with E-state index in [0.29, 0.717) is 0 Å². The van der Waals surface area contributed by atoms with Crippen LogP contribution in [0.5, 0.6) is 0 Å². The van der Waals surface area contributed by atoms with E-state index < -0.39 is 5.41 Å². The first-order chi connectivity index (χ1) is 32.2. The molecule has 1 heterocycles. The molecule has 0 saturated heterocycles. The number of rotatable bonds is 5. The molecule has 2 aliphatic rings. The summed E-state index contributed by atoms with van der Waals surface area (Å²) in [5.41, 5.74) is 19.6. The normalized spacial score (nSPS) is 13.0. The lowest BCUT2D eigenvalue weighted by atomic mass is 9.70. The quantitative estimate of drug-likeness (QED) is 0.172. The lowest BCUT2D eigenvalue weighted by Crippen LogP contribution is -2.26. The summed E-state index contributed by atoms with van der Waals surface area (Å²) in [6.07, 6.45) is 0. The molecule has 12 aromatic rings. The zero-order valence-corrected chi connectivity index (χ0v) is 35.4. The fourth-order valence-corrected chi connectivity index (χ4v) is 11.5. The van der Waals surface area contributed by atoms with Crippen LogP contribution in [0.1, 0.15) is 22.3 Å². The molecule has 302 valence electrons. The first kappa shape index (κ1) is 36.1. The highest BCUT2D eigenvalue weighted by Gasteiger charge is 2.52. The van der Waals surface area contributed by atoms with E-state index in [9.17, 15) is 0 Å². The maximum Gasteiger partial charge on any atom is 0.159 e. The highest BCUT2D eigenvalue weighted by molar-refractivity contribution is 6.11. The van der Waals surface area contributed by atoms with Crippen LogP contribution >= 0.6 is 0 Å². The van der Waals surface area contributed by atoms with E-state index in [0.717, 1.165) is 44.6 Å². The molecule has 0 saturated carbocycles. The van der Waals surface area contributed by atoms with E-state index in [4.69, 9.17) is 4.42 Å². The summed E-state index contributed by atoms with van der Waals surface area (Å²) in [5.74, 6) is 0. The third kappa shape index (κ3) is 5.11.